The SMILES string of the molecule is Cc1cccc2[nH]cc(CCC(=O)NCC3CCN(C)C(=O)C3)c12. The second-order valence-electron chi connectivity index (χ2n) is 6.79. The lowest BCUT2D eigenvalue weighted by atomic mass is 9.96. The number of H-pyrrole nitrogens is 1. The van der Waals surface area contributed by atoms with Crippen molar-refractivity contribution in [2.45, 2.75) is 32.6 Å². The molecule has 0 radical (unpaired) electrons. The third-order valence-electron chi connectivity index (χ3n) is 4.97. The molecule has 1 atom stereocenters. The molecule has 1 saturated heterocycles. The van der Waals surface area contributed by atoms with E-state index in [0.29, 0.717) is 19.4 Å². The zero-order chi connectivity index (χ0) is 17.1. The lowest BCUT2D eigenvalue weighted by Crippen LogP contribution is -2.40. The maximum atomic E-state index is 12.1. The topological polar surface area (TPSA) is 65.2 Å². The minimum absolute atomic E-state index is 0.0595. The van der Waals surface area contributed by atoms with Crippen molar-refractivity contribution in [2.75, 3.05) is 20.1 Å². The molecule has 1 aliphatic rings. The van der Waals surface area contributed by atoms with Crippen LogP contribution in [-0.2, 0) is 16.0 Å². The molecule has 0 bridgehead atoms. The number of likely N-dealkylation sites (tertiary alicyclic amines) is 1. The van der Waals surface area contributed by atoms with Crippen LogP contribution < -0.4 is 5.32 Å². The van der Waals surface area contributed by atoms with Crippen molar-refractivity contribution in [2.24, 2.45) is 5.92 Å². The first-order valence-corrected chi connectivity index (χ1v) is 8.61. The number of aromatic nitrogens is 1. The van der Waals surface area contributed by atoms with Gasteiger partial charge in [-0.05, 0) is 42.9 Å². The number of fused-ring (bicyclic) bond motifs is 1. The lowest BCUT2D eigenvalue weighted by Gasteiger charge is -2.28. The van der Waals surface area contributed by atoms with Gasteiger partial charge in [0, 0.05) is 50.1 Å². The molecule has 3 rings (SSSR count). The van der Waals surface area contributed by atoms with Gasteiger partial charge in [-0.1, -0.05) is 12.1 Å². The number of benzene rings is 1. The summed E-state index contributed by atoms with van der Waals surface area (Å²) < 4.78 is 0. The predicted octanol–water partition coefficient (Wildman–Crippen LogP) is 2.39. The van der Waals surface area contributed by atoms with Crippen LogP contribution in [0.3, 0.4) is 0 Å². The summed E-state index contributed by atoms with van der Waals surface area (Å²) in [7, 11) is 1.83. The van der Waals surface area contributed by atoms with Crippen LogP contribution in [0.5, 0.6) is 0 Å². The van der Waals surface area contributed by atoms with E-state index < -0.39 is 0 Å². The van der Waals surface area contributed by atoms with E-state index in [1.807, 2.05) is 19.3 Å². The van der Waals surface area contributed by atoms with Crippen LogP contribution in [0.1, 0.15) is 30.4 Å². The Bertz CT molecular complexity index is 750. The minimum atomic E-state index is 0.0595. The molecule has 1 aromatic heterocycles. The third-order valence-corrected chi connectivity index (χ3v) is 4.97. The van der Waals surface area contributed by atoms with E-state index in [0.717, 1.165) is 24.9 Å². The van der Waals surface area contributed by atoms with Crippen LogP contribution >= 0.6 is 0 Å². The van der Waals surface area contributed by atoms with Gasteiger partial charge in [0.1, 0.15) is 0 Å². The molecular weight excluding hydrogens is 302 g/mol. The molecule has 1 fully saturated rings. The molecule has 2 heterocycles. The molecule has 128 valence electrons. The van der Waals surface area contributed by atoms with Crippen molar-refractivity contribution in [3.05, 3.63) is 35.5 Å². The third kappa shape index (κ3) is 3.61. The Kier molecular flexibility index (Phi) is 4.88. The monoisotopic (exact) mass is 327 g/mol. The molecule has 2 aromatic rings. The first kappa shape index (κ1) is 16.6. The van der Waals surface area contributed by atoms with Crippen molar-refractivity contribution in [1.29, 1.82) is 0 Å². The fraction of sp³-hybridized carbons (Fsp3) is 0.474. The van der Waals surface area contributed by atoms with Crippen LogP contribution in [0.2, 0.25) is 0 Å². The zero-order valence-corrected chi connectivity index (χ0v) is 14.4. The second kappa shape index (κ2) is 7.07. The van der Waals surface area contributed by atoms with Crippen molar-refractivity contribution >= 4 is 22.7 Å². The van der Waals surface area contributed by atoms with Gasteiger partial charge in [0.2, 0.25) is 11.8 Å². The van der Waals surface area contributed by atoms with Crippen LogP contribution in [0.25, 0.3) is 10.9 Å². The first-order valence-electron chi connectivity index (χ1n) is 8.61. The van der Waals surface area contributed by atoms with Crippen LogP contribution in [0.4, 0.5) is 0 Å². The number of carbonyl (C=O) groups excluding carboxylic acids is 2. The fourth-order valence-electron chi connectivity index (χ4n) is 3.42. The van der Waals surface area contributed by atoms with E-state index in [2.05, 4.69) is 29.4 Å². The van der Waals surface area contributed by atoms with Crippen molar-refractivity contribution in [3.8, 4) is 0 Å². The number of hydrogen-bond acceptors (Lipinski definition) is 2. The van der Waals surface area contributed by atoms with E-state index in [9.17, 15) is 9.59 Å². The smallest absolute Gasteiger partial charge is 0.222 e. The second-order valence-corrected chi connectivity index (χ2v) is 6.79. The van der Waals surface area contributed by atoms with Gasteiger partial charge < -0.3 is 15.2 Å². The van der Waals surface area contributed by atoms with Gasteiger partial charge in [-0.15, -0.1) is 0 Å². The number of hydrogen-bond donors (Lipinski definition) is 2. The molecule has 1 unspecified atom stereocenters. The molecule has 2 amide bonds. The Balaban J connectivity index is 1.50. The predicted molar refractivity (Wildman–Crippen MR) is 94.7 cm³/mol. The molecule has 5 heteroatoms. The number of nitrogens with zero attached hydrogens (tertiary/aromatic N) is 1. The maximum absolute atomic E-state index is 12.1. The molecule has 5 nitrogen and oxygen atoms in total. The number of rotatable bonds is 5. The molecule has 2 N–H and O–H groups in total. The highest BCUT2D eigenvalue weighted by Crippen LogP contribution is 2.23. The van der Waals surface area contributed by atoms with E-state index in [1.165, 1.54) is 16.5 Å². The highest BCUT2D eigenvalue weighted by Gasteiger charge is 2.23. The summed E-state index contributed by atoms with van der Waals surface area (Å²) in [4.78, 5) is 28.9. The minimum Gasteiger partial charge on any atom is -0.361 e. The van der Waals surface area contributed by atoms with E-state index in [1.54, 1.807) is 4.90 Å². The van der Waals surface area contributed by atoms with Crippen LogP contribution in [0, 0.1) is 12.8 Å². The summed E-state index contributed by atoms with van der Waals surface area (Å²) in [6.07, 6.45) is 4.70. The fourth-order valence-corrected chi connectivity index (χ4v) is 3.42. The molecule has 1 aliphatic heterocycles. The van der Waals surface area contributed by atoms with Gasteiger partial charge in [-0.25, -0.2) is 0 Å². The van der Waals surface area contributed by atoms with Gasteiger partial charge >= 0.3 is 0 Å². The molecule has 1 aromatic carbocycles. The average molecular weight is 327 g/mol. The van der Waals surface area contributed by atoms with Crippen molar-refractivity contribution in [1.82, 2.24) is 15.2 Å². The van der Waals surface area contributed by atoms with Gasteiger partial charge in [-0.2, -0.15) is 0 Å². The lowest BCUT2D eigenvalue weighted by molar-refractivity contribution is -0.134. The summed E-state index contributed by atoms with van der Waals surface area (Å²) in [6.45, 7) is 3.48. The van der Waals surface area contributed by atoms with Gasteiger partial charge in [0.15, 0.2) is 0 Å². The molecule has 24 heavy (non-hydrogen) atoms. The molecule has 0 aliphatic carbocycles. The Morgan fingerprint density at radius 2 is 2.25 bits per heavy atom. The number of nitrogens with one attached hydrogen (secondary N) is 2. The number of amides is 2. The summed E-state index contributed by atoms with van der Waals surface area (Å²) in [6, 6.07) is 6.19. The number of carbonyl (C=O) groups is 2. The van der Waals surface area contributed by atoms with E-state index in [4.69, 9.17) is 0 Å². The summed E-state index contributed by atoms with van der Waals surface area (Å²) in [5.74, 6) is 0.507. The highest BCUT2D eigenvalue weighted by atomic mass is 16.2. The number of aromatic amines is 1. The molecule has 0 spiro atoms. The normalized spacial score (nSPS) is 18.2. The molecule has 0 saturated carbocycles. The van der Waals surface area contributed by atoms with Gasteiger partial charge in [0.25, 0.3) is 0 Å². The Labute approximate surface area is 142 Å². The summed E-state index contributed by atoms with van der Waals surface area (Å²) in [5, 5.41) is 4.22. The van der Waals surface area contributed by atoms with Crippen LogP contribution in [0.15, 0.2) is 24.4 Å². The van der Waals surface area contributed by atoms with Gasteiger partial charge in [-0.3, -0.25) is 9.59 Å². The Hall–Kier alpha value is -2.30. The maximum Gasteiger partial charge on any atom is 0.222 e. The summed E-state index contributed by atoms with van der Waals surface area (Å²) in [5.41, 5.74) is 3.54. The highest BCUT2D eigenvalue weighted by molar-refractivity contribution is 5.87. The largest absolute Gasteiger partial charge is 0.361 e. The quantitative estimate of drug-likeness (QED) is 0.885. The van der Waals surface area contributed by atoms with Gasteiger partial charge in [0.05, 0.1) is 0 Å². The average Bonchev–Trinajstić information content (AvgIpc) is 2.98. The molecular formula is C19H25N3O2. The van der Waals surface area contributed by atoms with Crippen molar-refractivity contribution in [3.63, 3.8) is 0 Å². The summed E-state index contributed by atoms with van der Waals surface area (Å²) >= 11 is 0. The standard InChI is InChI=1S/C19H25N3O2/c1-13-4-3-5-16-19(13)15(12-20-16)6-7-17(23)21-11-14-8-9-22(2)18(24)10-14/h3-5,12,14,20H,6-11H2,1-2H3,(H,21,23). The van der Waals surface area contributed by atoms with Crippen LogP contribution in [-0.4, -0.2) is 41.8 Å². The number of aryl methyl sites for hydroxylation is 2. The van der Waals surface area contributed by atoms with E-state index >= 15 is 0 Å². The van der Waals surface area contributed by atoms with Crippen molar-refractivity contribution < 1.29 is 9.59 Å². The number of piperidine rings is 1. The Morgan fingerprint density at radius 1 is 1.42 bits per heavy atom. The van der Waals surface area contributed by atoms with E-state index in [-0.39, 0.29) is 17.7 Å². The first-order chi connectivity index (χ1) is 11.5. The Morgan fingerprint density at radius 3 is 3.04 bits per heavy atom. The zero-order valence-electron chi connectivity index (χ0n) is 14.4.